The van der Waals surface area contributed by atoms with Gasteiger partial charge >= 0.3 is 0 Å². The van der Waals surface area contributed by atoms with Crippen LogP contribution in [0.4, 0.5) is 0 Å². The number of Topliss-reactive ketones (excluding diaryl/α,β-unsaturated/α-hetero) is 1. The number of hydrogen-bond acceptors (Lipinski definition) is 5. The van der Waals surface area contributed by atoms with Crippen LogP contribution in [-0.2, 0) is 19.0 Å². The molecule has 19 heavy (non-hydrogen) atoms. The van der Waals surface area contributed by atoms with Gasteiger partial charge in [0.05, 0.1) is 31.7 Å². The number of carbonyl (C=O) groups excluding carboxylic acids is 1. The van der Waals surface area contributed by atoms with E-state index in [-0.39, 0.29) is 17.8 Å². The van der Waals surface area contributed by atoms with Gasteiger partial charge in [-0.2, -0.15) is 0 Å². The minimum Gasteiger partial charge on any atom is -0.515 e. The van der Waals surface area contributed by atoms with E-state index in [4.69, 9.17) is 19.3 Å². The lowest BCUT2D eigenvalue weighted by Gasteiger charge is -2.50. The van der Waals surface area contributed by atoms with Gasteiger partial charge in [-0.25, -0.2) is 0 Å². The summed E-state index contributed by atoms with van der Waals surface area (Å²) in [7, 11) is 0. The predicted molar refractivity (Wildman–Crippen MR) is 66.7 cm³/mol. The second-order valence-electron chi connectivity index (χ2n) is 6.28. The number of hydrogen-bond donors (Lipinski definition) is 1. The average molecular weight is 268 g/mol. The summed E-state index contributed by atoms with van der Waals surface area (Å²) in [6.45, 7) is 5.51. The first kappa shape index (κ1) is 13.1. The van der Waals surface area contributed by atoms with E-state index in [1.165, 1.54) is 0 Å². The Morgan fingerprint density at radius 3 is 2.37 bits per heavy atom. The Kier molecular flexibility index (Phi) is 2.78. The second kappa shape index (κ2) is 4.04. The van der Waals surface area contributed by atoms with Gasteiger partial charge in [0.2, 0.25) is 0 Å². The molecule has 0 amide bonds. The van der Waals surface area contributed by atoms with Crippen LogP contribution < -0.4 is 0 Å². The van der Waals surface area contributed by atoms with E-state index >= 15 is 0 Å². The third-order valence-electron chi connectivity index (χ3n) is 4.74. The van der Waals surface area contributed by atoms with Gasteiger partial charge in [-0.05, 0) is 12.8 Å². The summed E-state index contributed by atoms with van der Waals surface area (Å²) >= 11 is 0. The first-order chi connectivity index (χ1) is 8.95. The van der Waals surface area contributed by atoms with Crippen LogP contribution in [0.2, 0.25) is 0 Å². The third-order valence-corrected chi connectivity index (χ3v) is 4.74. The maximum absolute atomic E-state index is 12.4. The fourth-order valence-electron chi connectivity index (χ4n) is 3.68. The largest absolute Gasteiger partial charge is 0.515 e. The van der Waals surface area contributed by atoms with Crippen LogP contribution in [-0.4, -0.2) is 42.1 Å². The van der Waals surface area contributed by atoms with Gasteiger partial charge in [-0.15, -0.1) is 0 Å². The standard InChI is InChI=1S/C14H20O5/c1-12(2)9-13(11(16)10(7-15)8-19-13)3-4-14(12)17-5-6-18-14/h7,15H,3-6,8-9H2,1-2H3/b10-7-. The molecule has 3 rings (SSSR count). The number of ether oxygens (including phenoxy) is 3. The summed E-state index contributed by atoms with van der Waals surface area (Å²) in [5.74, 6) is -0.677. The van der Waals surface area contributed by atoms with Gasteiger partial charge in [0, 0.05) is 11.8 Å². The van der Waals surface area contributed by atoms with Crippen molar-refractivity contribution in [1.29, 1.82) is 0 Å². The maximum Gasteiger partial charge on any atom is 0.196 e. The van der Waals surface area contributed by atoms with Crippen LogP contribution in [0.3, 0.4) is 0 Å². The van der Waals surface area contributed by atoms with E-state index in [1.807, 2.05) is 0 Å². The monoisotopic (exact) mass is 268 g/mol. The van der Waals surface area contributed by atoms with Crippen molar-refractivity contribution in [2.45, 2.75) is 44.5 Å². The first-order valence-electron chi connectivity index (χ1n) is 6.75. The number of carbonyl (C=O) groups is 1. The zero-order chi connectivity index (χ0) is 13.7. The van der Waals surface area contributed by atoms with Crippen LogP contribution in [0.1, 0.15) is 33.1 Å². The van der Waals surface area contributed by atoms with E-state index in [0.29, 0.717) is 38.0 Å². The Labute approximate surface area is 112 Å². The van der Waals surface area contributed by atoms with Gasteiger partial charge in [0.1, 0.15) is 5.60 Å². The van der Waals surface area contributed by atoms with Gasteiger partial charge in [-0.1, -0.05) is 13.8 Å². The van der Waals surface area contributed by atoms with Gasteiger partial charge in [-0.3, -0.25) is 4.79 Å². The second-order valence-corrected chi connectivity index (χ2v) is 6.28. The Morgan fingerprint density at radius 1 is 1.16 bits per heavy atom. The molecule has 1 atom stereocenters. The molecule has 0 bridgehead atoms. The quantitative estimate of drug-likeness (QED) is 0.535. The van der Waals surface area contributed by atoms with E-state index in [2.05, 4.69) is 13.8 Å². The Hall–Kier alpha value is -0.910. The van der Waals surface area contributed by atoms with Crippen LogP contribution in [0.25, 0.3) is 0 Å². The Balaban J connectivity index is 1.89. The molecule has 1 unspecified atom stereocenters. The van der Waals surface area contributed by atoms with Crippen molar-refractivity contribution in [1.82, 2.24) is 0 Å². The van der Waals surface area contributed by atoms with Crippen molar-refractivity contribution >= 4 is 5.78 Å². The van der Waals surface area contributed by atoms with Crippen molar-refractivity contribution in [3.05, 3.63) is 11.8 Å². The summed E-state index contributed by atoms with van der Waals surface area (Å²) in [4.78, 5) is 12.4. The molecule has 5 nitrogen and oxygen atoms in total. The number of aliphatic hydroxyl groups excluding tert-OH is 1. The highest BCUT2D eigenvalue weighted by Crippen LogP contribution is 2.55. The SMILES string of the molecule is CC1(C)CC2(CCC13OCCO3)OC/C(=C/O)C2=O. The molecule has 0 aromatic heterocycles. The third kappa shape index (κ3) is 1.68. The first-order valence-corrected chi connectivity index (χ1v) is 6.75. The average Bonchev–Trinajstić information content (AvgIpc) is 2.94. The molecule has 1 aliphatic carbocycles. The Morgan fingerprint density at radius 2 is 1.84 bits per heavy atom. The fourth-order valence-corrected chi connectivity index (χ4v) is 3.68. The molecule has 5 heteroatoms. The van der Waals surface area contributed by atoms with Gasteiger partial charge in [0.15, 0.2) is 11.6 Å². The van der Waals surface area contributed by atoms with Crippen molar-refractivity contribution in [2.75, 3.05) is 19.8 Å². The molecule has 2 aliphatic heterocycles. The van der Waals surface area contributed by atoms with Crippen LogP contribution in [0.5, 0.6) is 0 Å². The lowest BCUT2D eigenvalue weighted by Crippen LogP contribution is -2.57. The maximum atomic E-state index is 12.4. The van der Waals surface area contributed by atoms with E-state index in [1.54, 1.807) is 0 Å². The smallest absolute Gasteiger partial charge is 0.196 e. The van der Waals surface area contributed by atoms with Crippen LogP contribution >= 0.6 is 0 Å². The molecular formula is C14H20O5. The summed E-state index contributed by atoms with van der Waals surface area (Å²) in [5, 5.41) is 9.07. The highest BCUT2D eigenvalue weighted by molar-refractivity contribution is 6.03. The molecule has 0 radical (unpaired) electrons. The van der Waals surface area contributed by atoms with Crippen molar-refractivity contribution in [2.24, 2.45) is 5.41 Å². The van der Waals surface area contributed by atoms with E-state index in [0.717, 1.165) is 6.26 Å². The molecule has 2 spiro atoms. The summed E-state index contributed by atoms with van der Waals surface area (Å²) in [6.07, 6.45) is 2.64. The molecule has 3 fully saturated rings. The molecule has 106 valence electrons. The van der Waals surface area contributed by atoms with Crippen LogP contribution in [0, 0.1) is 5.41 Å². The van der Waals surface area contributed by atoms with Gasteiger partial charge < -0.3 is 19.3 Å². The van der Waals surface area contributed by atoms with Crippen molar-refractivity contribution in [3.63, 3.8) is 0 Å². The highest BCUT2D eigenvalue weighted by atomic mass is 16.7. The zero-order valence-electron chi connectivity index (χ0n) is 11.4. The lowest BCUT2D eigenvalue weighted by molar-refractivity contribution is -0.268. The Bertz CT molecular complexity index is 433. The predicted octanol–water partition coefficient (Wildman–Crippen LogP) is 1.72. The van der Waals surface area contributed by atoms with E-state index < -0.39 is 11.4 Å². The summed E-state index contributed by atoms with van der Waals surface area (Å²) in [5.41, 5.74) is -0.749. The lowest BCUT2D eigenvalue weighted by atomic mass is 9.64. The topological polar surface area (TPSA) is 65.0 Å². The van der Waals surface area contributed by atoms with E-state index in [9.17, 15) is 4.79 Å². The molecular weight excluding hydrogens is 248 g/mol. The summed E-state index contributed by atoms with van der Waals surface area (Å²) < 4.78 is 17.4. The normalized spacial score (nSPS) is 38.6. The fraction of sp³-hybridized carbons (Fsp3) is 0.786. The number of ketones is 1. The molecule has 1 saturated carbocycles. The van der Waals surface area contributed by atoms with Crippen molar-refractivity contribution in [3.8, 4) is 0 Å². The molecule has 1 N–H and O–H groups in total. The molecule has 3 aliphatic rings. The molecule has 2 heterocycles. The zero-order valence-corrected chi connectivity index (χ0v) is 11.4. The van der Waals surface area contributed by atoms with Gasteiger partial charge in [0.25, 0.3) is 0 Å². The molecule has 0 aromatic carbocycles. The van der Waals surface area contributed by atoms with Crippen LogP contribution in [0.15, 0.2) is 11.8 Å². The number of aliphatic hydroxyl groups is 1. The minimum absolute atomic E-state index is 0.0871. The molecule has 0 aromatic rings. The summed E-state index contributed by atoms with van der Waals surface area (Å²) in [6, 6.07) is 0. The highest BCUT2D eigenvalue weighted by Gasteiger charge is 2.62. The number of rotatable bonds is 0. The molecule has 2 saturated heterocycles. The minimum atomic E-state index is -0.807. The van der Waals surface area contributed by atoms with Crippen molar-refractivity contribution < 1.29 is 24.1 Å².